The summed E-state index contributed by atoms with van der Waals surface area (Å²) in [4.78, 5) is 53.0. The van der Waals surface area contributed by atoms with Crippen LogP contribution in [0.25, 0.3) is 21.9 Å². The Morgan fingerprint density at radius 1 is 1.12 bits per heavy atom. The quantitative estimate of drug-likeness (QED) is 0.194. The number of carbonyl (C=O) groups is 3. The fourth-order valence-corrected chi connectivity index (χ4v) is 5.66. The van der Waals surface area contributed by atoms with Gasteiger partial charge in [-0.2, -0.15) is 15.2 Å². The Bertz CT molecular complexity index is 1960. The summed E-state index contributed by atoms with van der Waals surface area (Å²) in [5.74, 6) is -0.434. The molecule has 0 bridgehead atoms. The number of hydrogen-bond donors (Lipinski definition) is 2. The van der Waals surface area contributed by atoms with E-state index < -0.39 is 41.3 Å². The number of halogens is 1. The molecule has 1 aromatic carbocycles. The van der Waals surface area contributed by atoms with Gasteiger partial charge < -0.3 is 38.9 Å². The molecule has 1 aliphatic carbocycles. The van der Waals surface area contributed by atoms with Crippen LogP contribution in [0.5, 0.6) is 6.01 Å². The number of fused-ring (bicyclic) bond motifs is 3. The van der Waals surface area contributed by atoms with Crippen molar-refractivity contribution in [1.82, 2.24) is 20.3 Å². The van der Waals surface area contributed by atoms with E-state index in [0.717, 1.165) is 0 Å². The maximum absolute atomic E-state index is 15.3. The number of alkyl carbamates (subject to hydrolysis) is 1. The summed E-state index contributed by atoms with van der Waals surface area (Å²) in [6, 6.07) is 4.59. The summed E-state index contributed by atoms with van der Waals surface area (Å²) in [5.41, 5.74) is -0.137. The molecule has 1 fully saturated rings. The monoisotopic (exact) mass is 721 g/mol. The third-order valence-corrected chi connectivity index (χ3v) is 7.84. The second-order valence-corrected chi connectivity index (χ2v) is 14.5. The molecule has 5 rings (SSSR count). The summed E-state index contributed by atoms with van der Waals surface area (Å²) >= 11 is 0. The molecule has 1 aliphatic heterocycles. The van der Waals surface area contributed by atoms with Crippen molar-refractivity contribution in [3.8, 4) is 12.1 Å². The van der Waals surface area contributed by atoms with Crippen molar-refractivity contribution in [1.29, 1.82) is 5.26 Å². The van der Waals surface area contributed by atoms with Crippen LogP contribution in [0.15, 0.2) is 35.6 Å². The minimum atomic E-state index is -0.786. The van der Waals surface area contributed by atoms with Gasteiger partial charge in [-0.05, 0) is 72.8 Å². The van der Waals surface area contributed by atoms with Crippen molar-refractivity contribution in [2.75, 3.05) is 49.7 Å². The van der Waals surface area contributed by atoms with E-state index in [0.29, 0.717) is 53.0 Å². The SMILES string of the molecule is CCOC(=O)COC1C=C(Oc2nc(N3CC(CNC(=O)OC(C)(C)C)C3)c3c(n2)[nH]c2c(N(C)C(=O)OC(C)(C)C)cc(F)cc23)C=C(C#N)C1. The number of H-pyrrole nitrogens is 1. The van der Waals surface area contributed by atoms with E-state index in [9.17, 15) is 19.6 Å². The average molecular weight is 722 g/mol. The highest BCUT2D eigenvalue weighted by Crippen LogP contribution is 2.40. The van der Waals surface area contributed by atoms with E-state index >= 15 is 4.39 Å². The Labute approximate surface area is 300 Å². The van der Waals surface area contributed by atoms with Crippen molar-refractivity contribution < 1.29 is 42.5 Å². The van der Waals surface area contributed by atoms with Gasteiger partial charge in [0, 0.05) is 50.0 Å². The molecule has 1 atom stereocenters. The molecule has 1 saturated heterocycles. The van der Waals surface area contributed by atoms with Crippen LogP contribution >= 0.6 is 0 Å². The maximum Gasteiger partial charge on any atom is 0.414 e. The molecule has 3 aromatic rings. The first-order chi connectivity index (χ1) is 24.4. The zero-order chi connectivity index (χ0) is 38.0. The second-order valence-electron chi connectivity index (χ2n) is 14.5. The third-order valence-electron chi connectivity index (χ3n) is 7.84. The number of anilines is 2. The van der Waals surface area contributed by atoms with Gasteiger partial charge in [0.2, 0.25) is 0 Å². The predicted octanol–water partition coefficient (Wildman–Crippen LogP) is 5.65. The number of nitrogens with zero attached hydrogens (tertiary/aromatic N) is 5. The maximum atomic E-state index is 15.3. The molecule has 3 heterocycles. The minimum Gasteiger partial charge on any atom is -0.464 e. The molecule has 2 amide bonds. The lowest BCUT2D eigenvalue weighted by atomic mass is 9.99. The molecular weight excluding hydrogens is 677 g/mol. The van der Waals surface area contributed by atoms with Crippen molar-refractivity contribution >= 4 is 51.6 Å². The first-order valence-corrected chi connectivity index (χ1v) is 16.9. The molecule has 2 aromatic heterocycles. The number of ether oxygens (including phenoxy) is 5. The standard InChI is InChI=1S/C36H44FN7O8/c1-9-48-27(45)19-49-23-10-20(15-38)11-24(14-23)50-32-41-30-28(31(42-32)44-17-21(18-44)16-39-33(46)51-35(2,3)4)25-12-22(37)13-26(29(25)40-30)43(8)34(47)52-36(5,6)7/h11-14,21,23H,9-10,16-19H2,1-8H3,(H,39,46)(H,40,41,42). The molecule has 16 heteroatoms. The number of nitrogens with one attached hydrogen (secondary N) is 2. The van der Waals surface area contributed by atoms with Crippen molar-refractivity contribution in [3.05, 3.63) is 41.4 Å². The molecular formula is C36H44FN7O8. The Kier molecular flexibility index (Phi) is 10.9. The topological polar surface area (TPSA) is 181 Å². The number of amides is 2. The number of aromatic nitrogens is 3. The zero-order valence-electron chi connectivity index (χ0n) is 30.6. The number of allylic oxidation sites excluding steroid dienone is 1. The second kappa shape index (κ2) is 15.0. The number of esters is 1. The van der Waals surface area contributed by atoms with Gasteiger partial charge in [-0.1, -0.05) is 0 Å². The van der Waals surface area contributed by atoms with Crippen molar-refractivity contribution in [3.63, 3.8) is 0 Å². The highest BCUT2D eigenvalue weighted by atomic mass is 19.1. The van der Waals surface area contributed by atoms with Gasteiger partial charge in [-0.15, -0.1) is 0 Å². The molecule has 0 radical (unpaired) electrons. The van der Waals surface area contributed by atoms with Gasteiger partial charge in [0.1, 0.15) is 40.9 Å². The number of carbonyl (C=O) groups excluding carboxylic acids is 3. The normalized spacial score (nSPS) is 16.4. The Balaban J connectivity index is 1.51. The fourth-order valence-electron chi connectivity index (χ4n) is 5.66. The first kappa shape index (κ1) is 37.8. The molecule has 0 spiro atoms. The highest BCUT2D eigenvalue weighted by Gasteiger charge is 2.33. The third kappa shape index (κ3) is 9.26. The Hall–Kier alpha value is -5.43. The van der Waals surface area contributed by atoms with Crippen LogP contribution in [-0.2, 0) is 23.7 Å². The average Bonchev–Trinajstić information content (AvgIpc) is 3.38. The largest absolute Gasteiger partial charge is 0.464 e. The lowest BCUT2D eigenvalue weighted by Gasteiger charge is -2.40. The van der Waals surface area contributed by atoms with E-state index in [4.69, 9.17) is 28.7 Å². The van der Waals surface area contributed by atoms with Crippen molar-refractivity contribution in [2.24, 2.45) is 5.92 Å². The predicted molar refractivity (Wildman–Crippen MR) is 189 cm³/mol. The van der Waals surface area contributed by atoms with Crippen LogP contribution in [0.4, 0.5) is 25.5 Å². The Morgan fingerprint density at radius 2 is 1.83 bits per heavy atom. The fraction of sp³-hybridized carbons (Fsp3) is 0.500. The van der Waals surface area contributed by atoms with Gasteiger partial charge in [0.05, 0.1) is 35.4 Å². The van der Waals surface area contributed by atoms with Crippen LogP contribution in [0.1, 0.15) is 54.9 Å². The number of rotatable bonds is 10. The van der Waals surface area contributed by atoms with Gasteiger partial charge >= 0.3 is 24.2 Å². The Morgan fingerprint density at radius 3 is 2.48 bits per heavy atom. The number of nitriles is 1. The van der Waals surface area contributed by atoms with E-state index in [-0.39, 0.29) is 43.0 Å². The first-order valence-electron chi connectivity index (χ1n) is 16.9. The number of hydrogen-bond acceptors (Lipinski definition) is 12. The van der Waals surface area contributed by atoms with Gasteiger partial charge in [0.25, 0.3) is 0 Å². The summed E-state index contributed by atoms with van der Waals surface area (Å²) in [6.07, 6.45) is 1.52. The summed E-state index contributed by atoms with van der Waals surface area (Å²) in [6.45, 7) is 13.5. The van der Waals surface area contributed by atoms with Gasteiger partial charge in [-0.3, -0.25) is 4.90 Å². The van der Waals surface area contributed by atoms with Crippen LogP contribution < -0.4 is 19.9 Å². The lowest BCUT2D eigenvalue weighted by Crippen LogP contribution is -2.52. The lowest BCUT2D eigenvalue weighted by molar-refractivity contribution is -0.149. The number of aromatic amines is 1. The van der Waals surface area contributed by atoms with E-state index in [1.54, 1.807) is 54.5 Å². The smallest absolute Gasteiger partial charge is 0.414 e. The molecule has 52 heavy (non-hydrogen) atoms. The molecule has 15 nitrogen and oxygen atoms in total. The summed E-state index contributed by atoms with van der Waals surface area (Å²) < 4.78 is 42.9. The molecule has 278 valence electrons. The van der Waals surface area contributed by atoms with Gasteiger partial charge in [0.15, 0.2) is 0 Å². The molecule has 0 saturated carbocycles. The zero-order valence-corrected chi connectivity index (χ0v) is 30.6. The molecule has 2 N–H and O–H groups in total. The van der Waals surface area contributed by atoms with E-state index in [2.05, 4.69) is 21.4 Å². The van der Waals surface area contributed by atoms with Crippen LogP contribution in [0.3, 0.4) is 0 Å². The van der Waals surface area contributed by atoms with E-state index in [1.165, 1.54) is 30.2 Å². The van der Waals surface area contributed by atoms with Crippen molar-refractivity contribution in [2.45, 2.75) is 72.2 Å². The molecule has 2 aliphatic rings. The molecule has 1 unspecified atom stereocenters. The summed E-state index contributed by atoms with van der Waals surface area (Å²) in [7, 11) is 1.49. The van der Waals surface area contributed by atoms with Crippen LogP contribution in [0.2, 0.25) is 0 Å². The van der Waals surface area contributed by atoms with Crippen LogP contribution in [0, 0.1) is 23.1 Å². The minimum absolute atomic E-state index is 0.0529. The van der Waals surface area contributed by atoms with Gasteiger partial charge in [-0.25, -0.2) is 18.8 Å². The van der Waals surface area contributed by atoms with Crippen LogP contribution in [-0.4, -0.2) is 90.3 Å². The summed E-state index contributed by atoms with van der Waals surface area (Å²) in [5, 5.41) is 13.4. The van der Waals surface area contributed by atoms with E-state index in [1.807, 2.05) is 4.90 Å². The number of benzene rings is 1. The highest BCUT2D eigenvalue weighted by molar-refractivity contribution is 6.16.